The van der Waals surface area contributed by atoms with Crippen LogP contribution in [0.4, 0.5) is 11.4 Å². The van der Waals surface area contributed by atoms with Crippen molar-refractivity contribution >= 4 is 34.3 Å². The zero-order valence-electron chi connectivity index (χ0n) is 17.0. The lowest BCUT2D eigenvalue weighted by Gasteiger charge is -2.27. The number of anilines is 2. The largest absolute Gasteiger partial charge is 0.338 e. The molecule has 2 atom stereocenters. The van der Waals surface area contributed by atoms with Gasteiger partial charge < -0.3 is 4.90 Å². The molecule has 1 nitrogen and oxygen atoms in total. The maximum Gasteiger partial charge on any atom is 0.0450 e. The quantitative estimate of drug-likeness (QED) is 0.324. The molecule has 2 aliphatic rings. The Kier molecular flexibility index (Phi) is 4.19. The van der Waals surface area contributed by atoms with Crippen molar-refractivity contribution in [2.45, 2.75) is 31.2 Å². The van der Waals surface area contributed by atoms with Crippen LogP contribution in [0.3, 0.4) is 0 Å². The smallest absolute Gasteiger partial charge is 0.0450 e. The second kappa shape index (κ2) is 7.18. The van der Waals surface area contributed by atoms with Gasteiger partial charge in [-0.05, 0) is 64.6 Å². The van der Waals surface area contributed by atoms with Crippen molar-refractivity contribution in [1.29, 1.82) is 0 Å². The summed E-state index contributed by atoms with van der Waals surface area (Å²) in [5.74, 6) is 0.658. The third kappa shape index (κ3) is 2.85. The molecule has 1 fully saturated rings. The summed E-state index contributed by atoms with van der Waals surface area (Å²) in [6.07, 6.45) is 8.46. The Morgan fingerprint density at radius 3 is 2.50 bits per heavy atom. The Morgan fingerprint density at radius 1 is 0.733 bits per heavy atom. The number of hydrogen-bond acceptors (Lipinski definition) is 1. The van der Waals surface area contributed by atoms with E-state index in [9.17, 15) is 0 Å². The van der Waals surface area contributed by atoms with Gasteiger partial charge in [0.1, 0.15) is 0 Å². The first kappa shape index (κ1) is 17.5. The molecule has 146 valence electrons. The number of nitrogens with zero attached hydrogens (tertiary/aromatic N) is 1. The minimum Gasteiger partial charge on any atom is -0.338 e. The van der Waals surface area contributed by atoms with Gasteiger partial charge in [-0.25, -0.2) is 0 Å². The van der Waals surface area contributed by atoms with Gasteiger partial charge in [0.05, 0.1) is 0 Å². The highest BCUT2D eigenvalue weighted by Gasteiger charge is 2.41. The molecule has 0 amide bonds. The second-order valence-corrected chi connectivity index (χ2v) is 8.53. The molecule has 0 radical (unpaired) electrons. The summed E-state index contributed by atoms with van der Waals surface area (Å²) in [5.41, 5.74) is 6.83. The highest BCUT2D eigenvalue weighted by molar-refractivity contribution is 5.93. The maximum absolute atomic E-state index is 2.59. The van der Waals surface area contributed by atoms with Crippen LogP contribution >= 0.6 is 0 Å². The zero-order chi connectivity index (χ0) is 19.9. The number of para-hydroxylation sites is 1. The van der Waals surface area contributed by atoms with E-state index in [1.54, 1.807) is 0 Å². The molecule has 4 aromatic carbocycles. The average molecular weight is 388 g/mol. The monoisotopic (exact) mass is 387 g/mol. The molecule has 0 N–H and O–H groups in total. The van der Waals surface area contributed by atoms with Gasteiger partial charge in [0, 0.05) is 23.3 Å². The molecular formula is C29H25N. The molecule has 1 heteroatoms. The fourth-order valence-electron chi connectivity index (χ4n) is 5.48. The minimum absolute atomic E-state index is 0.611. The van der Waals surface area contributed by atoms with Crippen LogP contribution in [-0.2, 0) is 0 Å². The van der Waals surface area contributed by atoms with E-state index in [4.69, 9.17) is 0 Å². The van der Waals surface area contributed by atoms with E-state index >= 15 is 0 Å². The van der Waals surface area contributed by atoms with Crippen LogP contribution < -0.4 is 4.90 Å². The van der Waals surface area contributed by atoms with Crippen LogP contribution in [0.15, 0.2) is 91.0 Å². The molecule has 2 unspecified atom stereocenters. The Labute approximate surface area is 178 Å². The molecule has 1 aliphatic heterocycles. The molecule has 0 aromatic heterocycles. The van der Waals surface area contributed by atoms with Crippen molar-refractivity contribution in [3.05, 3.63) is 108 Å². The normalized spacial score (nSPS) is 20.1. The van der Waals surface area contributed by atoms with E-state index in [1.165, 1.54) is 58.1 Å². The van der Waals surface area contributed by atoms with E-state index in [2.05, 4.69) is 108 Å². The minimum atomic E-state index is 0.611. The van der Waals surface area contributed by atoms with Crippen molar-refractivity contribution in [2.75, 3.05) is 4.90 Å². The molecule has 6 rings (SSSR count). The highest BCUT2D eigenvalue weighted by atomic mass is 15.2. The Hall–Kier alpha value is -3.32. The van der Waals surface area contributed by atoms with Crippen molar-refractivity contribution in [3.8, 4) is 0 Å². The SMILES string of the molecule is C(=C/c1cccc2ccccc12)/c1ccc2c(c1)C1CCCC1N2c1ccccc1. The standard InChI is InChI=1S/C29H25N/c1-2-11-24(12-3-1)30-28-15-7-14-26(28)27-20-21(17-19-29(27)30)16-18-23-10-6-9-22-8-4-5-13-25(22)23/h1-6,8-13,16-20,26,28H,7,14-15H2/b18-16-. The van der Waals surface area contributed by atoms with Gasteiger partial charge in [0.2, 0.25) is 0 Å². The van der Waals surface area contributed by atoms with Crippen molar-refractivity contribution in [2.24, 2.45) is 0 Å². The van der Waals surface area contributed by atoms with E-state index in [1.807, 2.05) is 0 Å². The van der Waals surface area contributed by atoms with E-state index in [0.29, 0.717) is 12.0 Å². The Bertz CT molecular complexity index is 1230. The zero-order valence-corrected chi connectivity index (χ0v) is 17.0. The number of hydrogen-bond donors (Lipinski definition) is 0. The highest BCUT2D eigenvalue weighted by Crippen LogP contribution is 2.52. The van der Waals surface area contributed by atoms with Gasteiger partial charge in [-0.15, -0.1) is 0 Å². The van der Waals surface area contributed by atoms with Crippen LogP contribution in [0, 0.1) is 0 Å². The molecule has 0 saturated heterocycles. The van der Waals surface area contributed by atoms with E-state index < -0.39 is 0 Å². The molecule has 1 aliphatic carbocycles. The van der Waals surface area contributed by atoms with Gasteiger partial charge >= 0.3 is 0 Å². The van der Waals surface area contributed by atoms with Crippen LogP contribution in [0.5, 0.6) is 0 Å². The van der Waals surface area contributed by atoms with Crippen LogP contribution in [0.2, 0.25) is 0 Å². The van der Waals surface area contributed by atoms with Crippen molar-refractivity contribution in [1.82, 2.24) is 0 Å². The van der Waals surface area contributed by atoms with Gasteiger partial charge in [0.25, 0.3) is 0 Å². The summed E-state index contributed by atoms with van der Waals surface area (Å²) in [4.78, 5) is 2.59. The summed E-state index contributed by atoms with van der Waals surface area (Å²) in [6.45, 7) is 0. The van der Waals surface area contributed by atoms with Gasteiger partial charge in [0.15, 0.2) is 0 Å². The molecule has 0 spiro atoms. The summed E-state index contributed by atoms with van der Waals surface area (Å²) >= 11 is 0. The number of fused-ring (bicyclic) bond motifs is 4. The average Bonchev–Trinajstić information content (AvgIpc) is 3.39. The Balaban J connectivity index is 1.38. The lowest BCUT2D eigenvalue weighted by molar-refractivity contribution is 0.642. The fraction of sp³-hybridized carbons (Fsp3) is 0.172. The first-order chi connectivity index (χ1) is 14.9. The summed E-state index contributed by atoms with van der Waals surface area (Å²) < 4.78 is 0. The summed E-state index contributed by atoms with van der Waals surface area (Å²) in [6, 6.07) is 33.7. The van der Waals surface area contributed by atoms with Gasteiger partial charge in [-0.3, -0.25) is 0 Å². The summed E-state index contributed by atoms with van der Waals surface area (Å²) in [7, 11) is 0. The van der Waals surface area contributed by atoms with Crippen molar-refractivity contribution in [3.63, 3.8) is 0 Å². The van der Waals surface area contributed by atoms with E-state index in [-0.39, 0.29) is 0 Å². The topological polar surface area (TPSA) is 3.24 Å². The maximum atomic E-state index is 2.59. The lowest BCUT2D eigenvalue weighted by atomic mass is 9.95. The Morgan fingerprint density at radius 2 is 1.57 bits per heavy atom. The third-order valence-electron chi connectivity index (χ3n) is 6.83. The van der Waals surface area contributed by atoms with Crippen molar-refractivity contribution < 1.29 is 0 Å². The third-order valence-corrected chi connectivity index (χ3v) is 6.83. The second-order valence-electron chi connectivity index (χ2n) is 8.53. The van der Waals surface area contributed by atoms with Crippen LogP contribution in [0.1, 0.15) is 41.9 Å². The summed E-state index contributed by atoms with van der Waals surface area (Å²) in [5, 5.41) is 2.60. The number of benzene rings is 4. The molecule has 1 saturated carbocycles. The first-order valence-corrected chi connectivity index (χ1v) is 11.0. The molecule has 30 heavy (non-hydrogen) atoms. The van der Waals surface area contributed by atoms with Crippen LogP contribution in [0.25, 0.3) is 22.9 Å². The predicted octanol–water partition coefficient (Wildman–Crippen LogP) is 7.80. The predicted molar refractivity (Wildman–Crippen MR) is 128 cm³/mol. The molecule has 0 bridgehead atoms. The molecule has 4 aromatic rings. The van der Waals surface area contributed by atoms with Gasteiger partial charge in [-0.1, -0.05) is 85.3 Å². The van der Waals surface area contributed by atoms with Crippen LogP contribution in [-0.4, -0.2) is 6.04 Å². The van der Waals surface area contributed by atoms with Gasteiger partial charge in [-0.2, -0.15) is 0 Å². The molecule has 1 heterocycles. The number of rotatable bonds is 3. The molecular weight excluding hydrogens is 362 g/mol. The van der Waals surface area contributed by atoms with E-state index in [0.717, 1.165) is 0 Å². The lowest BCUT2D eigenvalue weighted by Crippen LogP contribution is -2.26. The fourth-order valence-corrected chi connectivity index (χ4v) is 5.48. The first-order valence-electron chi connectivity index (χ1n) is 11.0.